The van der Waals surface area contributed by atoms with Crippen LogP contribution in [-0.4, -0.2) is 29.1 Å². The molecule has 1 atom stereocenters. The van der Waals surface area contributed by atoms with E-state index in [1.165, 1.54) is 4.90 Å². The number of carbonyl (C=O) groups excluding carboxylic acids is 2. The lowest BCUT2D eigenvalue weighted by Gasteiger charge is -2.12. The maximum Gasteiger partial charge on any atom is 0.289 e. The van der Waals surface area contributed by atoms with Gasteiger partial charge in [0.15, 0.2) is 0 Å². The van der Waals surface area contributed by atoms with Crippen LogP contribution in [-0.2, 0) is 4.79 Å². The molecule has 0 bridgehead atoms. The van der Waals surface area contributed by atoms with Gasteiger partial charge in [0, 0.05) is 18.1 Å². The normalized spacial score (nSPS) is 20.1. The second-order valence-electron chi connectivity index (χ2n) is 3.56. The van der Waals surface area contributed by atoms with Crippen LogP contribution in [0.15, 0.2) is 24.3 Å². The molecule has 1 aliphatic rings. The van der Waals surface area contributed by atoms with Gasteiger partial charge in [-0.15, -0.1) is 0 Å². The van der Waals surface area contributed by atoms with Crippen molar-refractivity contribution in [2.45, 2.75) is 5.25 Å². The van der Waals surface area contributed by atoms with Crippen LogP contribution in [0.1, 0.15) is 10.8 Å². The van der Waals surface area contributed by atoms with Crippen LogP contribution in [0.5, 0.6) is 0 Å². The third-order valence-corrected chi connectivity index (χ3v) is 3.93. The first kappa shape index (κ1) is 12.4. The van der Waals surface area contributed by atoms with Gasteiger partial charge in [-0.3, -0.25) is 14.5 Å². The average Bonchev–Trinajstić information content (AvgIpc) is 2.58. The van der Waals surface area contributed by atoms with Gasteiger partial charge in [-0.2, -0.15) is 0 Å². The molecule has 1 saturated heterocycles. The van der Waals surface area contributed by atoms with Crippen molar-refractivity contribution in [3.8, 4) is 0 Å². The Labute approximate surface area is 108 Å². The molecule has 0 radical (unpaired) electrons. The summed E-state index contributed by atoms with van der Waals surface area (Å²) in [7, 11) is 0. The number of hydrogen-bond donors (Lipinski definition) is 1. The minimum atomic E-state index is -0.539. The topological polar surface area (TPSA) is 63.4 Å². The number of halogens is 1. The fraction of sp³-hybridized carbons (Fsp3) is 0.273. The van der Waals surface area contributed by atoms with Crippen molar-refractivity contribution in [1.82, 2.24) is 4.90 Å². The number of nitrogens with zero attached hydrogens (tertiary/aromatic N) is 1. The van der Waals surface area contributed by atoms with Crippen LogP contribution >= 0.6 is 23.4 Å². The van der Waals surface area contributed by atoms with Gasteiger partial charge in [-0.05, 0) is 23.4 Å². The third-order valence-electron chi connectivity index (χ3n) is 2.47. The van der Waals surface area contributed by atoms with E-state index in [2.05, 4.69) is 0 Å². The van der Waals surface area contributed by atoms with Gasteiger partial charge in [0.25, 0.3) is 5.24 Å². The van der Waals surface area contributed by atoms with E-state index in [1.54, 1.807) is 24.3 Å². The number of hydrogen-bond acceptors (Lipinski definition) is 4. The molecule has 2 rings (SSSR count). The second kappa shape index (κ2) is 5.08. The Hall–Kier alpha value is -1.04. The highest BCUT2D eigenvalue weighted by Crippen LogP contribution is 2.41. The van der Waals surface area contributed by atoms with Crippen LogP contribution in [0.25, 0.3) is 0 Å². The molecular weight excluding hydrogens is 260 g/mol. The Balaban J connectivity index is 2.28. The summed E-state index contributed by atoms with van der Waals surface area (Å²) >= 11 is 7.01. The van der Waals surface area contributed by atoms with E-state index < -0.39 is 5.25 Å². The van der Waals surface area contributed by atoms with Crippen LogP contribution in [0.4, 0.5) is 4.79 Å². The predicted octanol–water partition coefficient (Wildman–Crippen LogP) is 2.04. The summed E-state index contributed by atoms with van der Waals surface area (Å²) in [4.78, 5) is 24.8. The van der Waals surface area contributed by atoms with Crippen molar-refractivity contribution in [3.05, 3.63) is 34.9 Å². The lowest BCUT2D eigenvalue weighted by molar-refractivity contribution is -0.126. The molecule has 90 valence electrons. The maximum absolute atomic E-state index is 12.0. The summed E-state index contributed by atoms with van der Waals surface area (Å²) < 4.78 is 0. The zero-order valence-corrected chi connectivity index (χ0v) is 10.5. The van der Waals surface area contributed by atoms with E-state index in [9.17, 15) is 9.59 Å². The highest BCUT2D eigenvalue weighted by Gasteiger charge is 2.40. The number of thioether (sulfide) groups is 1. The van der Waals surface area contributed by atoms with E-state index in [1.807, 2.05) is 0 Å². The van der Waals surface area contributed by atoms with Gasteiger partial charge in [-0.25, -0.2) is 0 Å². The zero-order valence-electron chi connectivity index (χ0n) is 8.93. The minimum absolute atomic E-state index is 0.237. The number of rotatable bonds is 3. The quantitative estimate of drug-likeness (QED) is 0.913. The van der Waals surface area contributed by atoms with Crippen LogP contribution in [0.2, 0.25) is 5.02 Å². The van der Waals surface area contributed by atoms with Gasteiger partial charge in [0.2, 0.25) is 5.91 Å². The lowest BCUT2D eigenvalue weighted by atomic mass is 10.1. The van der Waals surface area contributed by atoms with Crippen molar-refractivity contribution in [2.75, 3.05) is 13.1 Å². The molecule has 1 unspecified atom stereocenters. The summed E-state index contributed by atoms with van der Waals surface area (Å²) in [6, 6.07) is 7.05. The Morgan fingerprint density at radius 1 is 1.35 bits per heavy atom. The summed E-state index contributed by atoms with van der Waals surface area (Å²) in [5.74, 6) is -0.237. The molecule has 4 nitrogen and oxygen atoms in total. The summed E-state index contributed by atoms with van der Waals surface area (Å²) in [5, 5.41) is -0.297. The summed E-state index contributed by atoms with van der Waals surface area (Å²) in [5.41, 5.74) is 6.04. The third kappa shape index (κ3) is 2.31. The van der Waals surface area contributed by atoms with Crippen LogP contribution in [0, 0.1) is 0 Å². The number of benzene rings is 1. The smallest absolute Gasteiger partial charge is 0.289 e. The average molecular weight is 271 g/mol. The number of carbonyl (C=O) groups is 2. The van der Waals surface area contributed by atoms with Gasteiger partial charge >= 0.3 is 0 Å². The molecule has 1 aliphatic heterocycles. The van der Waals surface area contributed by atoms with Crippen molar-refractivity contribution in [1.29, 1.82) is 0 Å². The minimum Gasteiger partial charge on any atom is -0.329 e. The number of amides is 2. The highest BCUT2D eigenvalue weighted by atomic mass is 35.5. The largest absolute Gasteiger partial charge is 0.329 e. The first-order chi connectivity index (χ1) is 8.15. The molecule has 1 aromatic carbocycles. The molecule has 0 aromatic heterocycles. The van der Waals surface area contributed by atoms with Crippen molar-refractivity contribution < 1.29 is 9.59 Å². The van der Waals surface area contributed by atoms with Crippen molar-refractivity contribution >= 4 is 34.5 Å². The second-order valence-corrected chi connectivity index (χ2v) is 5.03. The van der Waals surface area contributed by atoms with Gasteiger partial charge in [0.05, 0.1) is 0 Å². The first-order valence-corrected chi connectivity index (χ1v) is 6.37. The summed E-state index contributed by atoms with van der Waals surface area (Å²) in [6.07, 6.45) is 0. The van der Waals surface area contributed by atoms with E-state index in [0.29, 0.717) is 10.6 Å². The van der Waals surface area contributed by atoms with Crippen LogP contribution in [0.3, 0.4) is 0 Å². The molecular formula is C11H11ClN2O2S. The highest BCUT2D eigenvalue weighted by molar-refractivity contribution is 8.15. The fourth-order valence-electron chi connectivity index (χ4n) is 1.66. The van der Waals surface area contributed by atoms with E-state index in [-0.39, 0.29) is 24.2 Å². The molecule has 1 aromatic rings. The first-order valence-electron chi connectivity index (χ1n) is 5.11. The number of nitrogens with two attached hydrogens (primary N) is 1. The van der Waals surface area contributed by atoms with E-state index in [4.69, 9.17) is 17.3 Å². The standard InChI is InChI=1S/C11H11ClN2O2S/c12-8-4-2-1-3-7(8)9-10(15)14(6-5-13)11(16)17-9/h1-4,9H,5-6,13H2. The Kier molecular flexibility index (Phi) is 3.71. The van der Waals surface area contributed by atoms with E-state index >= 15 is 0 Å². The maximum atomic E-state index is 12.0. The SMILES string of the molecule is NCCN1C(=O)SC(c2ccccc2Cl)C1=O. The van der Waals surface area contributed by atoms with Crippen LogP contribution < -0.4 is 5.73 Å². The Morgan fingerprint density at radius 3 is 2.71 bits per heavy atom. The zero-order chi connectivity index (χ0) is 12.4. The molecule has 0 spiro atoms. The number of imide groups is 1. The lowest BCUT2D eigenvalue weighted by Crippen LogP contribution is -2.34. The molecule has 2 N–H and O–H groups in total. The molecule has 1 heterocycles. The van der Waals surface area contributed by atoms with Gasteiger partial charge in [0.1, 0.15) is 5.25 Å². The molecule has 6 heteroatoms. The van der Waals surface area contributed by atoms with Gasteiger partial charge < -0.3 is 5.73 Å². The van der Waals surface area contributed by atoms with Crippen molar-refractivity contribution in [3.63, 3.8) is 0 Å². The van der Waals surface area contributed by atoms with Crippen molar-refractivity contribution in [2.24, 2.45) is 5.73 Å². The van der Waals surface area contributed by atoms with E-state index in [0.717, 1.165) is 11.8 Å². The molecule has 0 saturated carbocycles. The van der Waals surface area contributed by atoms with Gasteiger partial charge in [-0.1, -0.05) is 29.8 Å². The molecule has 17 heavy (non-hydrogen) atoms. The molecule has 1 fully saturated rings. The Morgan fingerprint density at radius 2 is 2.06 bits per heavy atom. The summed E-state index contributed by atoms with van der Waals surface area (Å²) in [6.45, 7) is 0.527. The fourth-order valence-corrected chi connectivity index (χ4v) is 3.04. The monoisotopic (exact) mass is 270 g/mol. The molecule has 2 amide bonds. The predicted molar refractivity (Wildman–Crippen MR) is 67.9 cm³/mol. The molecule has 0 aliphatic carbocycles. The Bertz CT molecular complexity index is 467.